The number of amides is 2. The molecule has 0 unspecified atom stereocenters. The topological polar surface area (TPSA) is 86.3 Å². The maximum absolute atomic E-state index is 14.9. The number of benzene rings is 3. The van der Waals surface area contributed by atoms with Crippen molar-refractivity contribution >= 4 is 12.0 Å². The average Bonchev–Trinajstić information content (AvgIpc) is 3.46. The lowest BCUT2D eigenvalue weighted by Gasteiger charge is -2.39. The number of rotatable bonds is 9. The number of likely N-dealkylation sites (tertiary alicyclic amines) is 1. The van der Waals surface area contributed by atoms with E-state index in [1.807, 2.05) is 20.8 Å². The van der Waals surface area contributed by atoms with Crippen LogP contribution in [0.2, 0.25) is 0 Å². The number of carbonyl (C=O) groups is 2. The lowest BCUT2D eigenvalue weighted by Crippen LogP contribution is -2.46. The molecule has 0 aliphatic carbocycles. The van der Waals surface area contributed by atoms with Gasteiger partial charge in [-0.25, -0.2) is 18.0 Å². The van der Waals surface area contributed by atoms with Crippen molar-refractivity contribution in [2.75, 3.05) is 33.0 Å². The van der Waals surface area contributed by atoms with E-state index in [2.05, 4.69) is 5.32 Å². The van der Waals surface area contributed by atoms with E-state index in [9.17, 15) is 22.8 Å². The summed E-state index contributed by atoms with van der Waals surface area (Å²) in [5, 5.41) is 2.63. The molecular weight excluding hydrogens is 589 g/mol. The normalized spacial score (nSPS) is 17.6. The molecule has 1 N–H and O–H groups in total. The third-order valence-electron chi connectivity index (χ3n) is 7.80. The molecule has 8 nitrogen and oxygen atoms in total. The molecule has 2 amide bonds. The number of hydrogen-bond acceptors (Lipinski definition) is 6. The van der Waals surface area contributed by atoms with Crippen LogP contribution in [-0.4, -0.2) is 55.5 Å². The van der Waals surface area contributed by atoms with Crippen molar-refractivity contribution in [2.24, 2.45) is 5.92 Å². The lowest BCUT2D eigenvalue weighted by atomic mass is 9.80. The molecule has 11 heteroatoms. The Labute approximate surface area is 260 Å². The largest absolute Gasteiger partial charge is 0.493 e. The van der Waals surface area contributed by atoms with E-state index in [0.717, 1.165) is 17.7 Å². The first kappa shape index (κ1) is 32.0. The highest BCUT2D eigenvalue weighted by atomic mass is 19.1. The van der Waals surface area contributed by atoms with Gasteiger partial charge in [0.2, 0.25) is 12.7 Å². The molecule has 3 aromatic rings. The summed E-state index contributed by atoms with van der Waals surface area (Å²) >= 11 is 0. The van der Waals surface area contributed by atoms with Crippen molar-refractivity contribution in [3.8, 4) is 17.2 Å². The van der Waals surface area contributed by atoms with E-state index in [1.54, 1.807) is 35.2 Å². The second kappa shape index (κ2) is 13.7. The number of halogens is 3. The van der Waals surface area contributed by atoms with E-state index >= 15 is 0 Å². The number of piperidine rings is 1. The summed E-state index contributed by atoms with van der Waals surface area (Å²) in [6.45, 7) is 6.61. The zero-order valence-corrected chi connectivity index (χ0v) is 25.5. The zero-order chi connectivity index (χ0) is 32.1. The van der Waals surface area contributed by atoms with Crippen LogP contribution in [0.15, 0.2) is 54.6 Å². The standard InChI is InChI=1S/C34H37F3N2O6/c1-34(2,3)45-33(41)39-14-12-25(23(18-39)19-42-24-8-10-30-31(17-24)44-20-43-30)21-7-9-27(35)22(15-21)16-32(40)38-13-11-26-28(36)5-4-6-29(26)37/h4-10,15,17,23,25H,11-14,16,18-20H2,1-3H3,(H,38,40)/t23-,25+/m1/s1. The highest BCUT2D eigenvalue weighted by Gasteiger charge is 2.35. The van der Waals surface area contributed by atoms with Crippen LogP contribution in [0.25, 0.3) is 0 Å². The van der Waals surface area contributed by atoms with Gasteiger partial charge in [-0.05, 0) is 81.0 Å². The Bertz CT molecular complexity index is 1520. The zero-order valence-electron chi connectivity index (χ0n) is 25.5. The summed E-state index contributed by atoms with van der Waals surface area (Å²) in [5.74, 6) is -0.850. The van der Waals surface area contributed by atoms with Gasteiger partial charge >= 0.3 is 6.09 Å². The maximum atomic E-state index is 14.9. The highest BCUT2D eigenvalue weighted by Crippen LogP contribution is 2.38. The molecule has 1 fully saturated rings. The number of carbonyl (C=O) groups excluding carboxylic acids is 2. The van der Waals surface area contributed by atoms with Crippen LogP contribution in [0.3, 0.4) is 0 Å². The Balaban J connectivity index is 1.28. The second-order valence-electron chi connectivity index (χ2n) is 12.2. The highest BCUT2D eigenvalue weighted by molar-refractivity contribution is 5.78. The fourth-order valence-corrected chi connectivity index (χ4v) is 5.60. The minimum absolute atomic E-state index is 0.000390. The molecule has 1 saturated heterocycles. The third kappa shape index (κ3) is 8.20. The van der Waals surface area contributed by atoms with Crippen LogP contribution in [0.4, 0.5) is 18.0 Å². The smallest absolute Gasteiger partial charge is 0.410 e. The predicted molar refractivity (Wildman–Crippen MR) is 160 cm³/mol. The fourth-order valence-electron chi connectivity index (χ4n) is 5.60. The monoisotopic (exact) mass is 626 g/mol. The van der Waals surface area contributed by atoms with Gasteiger partial charge in [0, 0.05) is 37.2 Å². The van der Waals surface area contributed by atoms with Crippen LogP contribution in [0.1, 0.15) is 49.8 Å². The van der Waals surface area contributed by atoms with E-state index < -0.39 is 35.1 Å². The Hall–Kier alpha value is -4.41. The van der Waals surface area contributed by atoms with Gasteiger partial charge in [0.1, 0.15) is 28.8 Å². The van der Waals surface area contributed by atoms with Gasteiger partial charge in [0.15, 0.2) is 11.5 Å². The molecule has 45 heavy (non-hydrogen) atoms. The lowest BCUT2D eigenvalue weighted by molar-refractivity contribution is -0.120. The number of hydrogen-bond donors (Lipinski definition) is 1. The number of nitrogens with zero attached hydrogens (tertiary/aromatic N) is 1. The van der Waals surface area contributed by atoms with Crippen molar-refractivity contribution in [1.82, 2.24) is 10.2 Å². The third-order valence-corrected chi connectivity index (χ3v) is 7.80. The fraction of sp³-hybridized carbons (Fsp3) is 0.412. The molecule has 3 aromatic carbocycles. The van der Waals surface area contributed by atoms with Crippen molar-refractivity contribution in [2.45, 2.75) is 51.6 Å². The van der Waals surface area contributed by atoms with Gasteiger partial charge in [-0.2, -0.15) is 0 Å². The first-order valence-corrected chi connectivity index (χ1v) is 14.9. The van der Waals surface area contributed by atoms with Crippen molar-refractivity contribution < 1.29 is 41.7 Å². The van der Waals surface area contributed by atoms with Crippen LogP contribution in [0.5, 0.6) is 17.2 Å². The van der Waals surface area contributed by atoms with Crippen LogP contribution >= 0.6 is 0 Å². The summed E-state index contributed by atoms with van der Waals surface area (Å²) in [6, 6.07) is 13.6. The SMILES string of the molecule is CC(C)(C)OC(=O)N1CC[C@@H](c2ccc(F)c(CC(=O)NCCc3c(F)cccc3F)c2)[C@@H](COc2ccc3c(c2)OCO3)C1. The summed E-state index contributed by atoms with van der Waals surface area (Å²) in [7, 11) is 0. The van der Waals surface area contributed by atoms with E-state index in [4.69, 9.17) is 18.9 Å². The Kier molecular flexibility index (Phi) is 9.74. The minimum atomic E-state index is -0.683. The summed E-state index contributed by atoms with van der Waals surface area (Å²) in [4.78, 5) is 27.3. The van der Waals surface area contributed by atoms with Gasteiger partial charge in [-0.3, -0.25) is 4.79 Å². The van der Waals surface area contributed by atoms with Gasteiger partial charge < -0.3 is 29.2 Å². The van der Waals surface area contributed by atoms with Gasteiger partial charge in [0.25, 0.3) is 0 Å². The quantitative estimate of drug-likeness (QED) is 0.307. The molecule has 240 valence electrons. The molecular formula is C34H37F3N2O6. The molecule has 2 aliphatic heterocycles. The number of ether oxygens (including phenoxy) is 4. The summed E-state index contributed by atoms with van der Waals surface area (Å²) in [6.07, 6.45) is -0.122. The molecule has 2 atom stereocenters. The Morgan fingerprint density at radius 3 is 2.49 bits per heavy atom. The summed E-state index contributed by atoms with van der Waals surface area (Å²) < 4.78 is 65.3. The Morgan fingerprint density at radius 2 is 1.73 bits per heavy atom. The van der Waals surface area contributed by atoms with Crippen LogP contribution in [0, 0.1) is 23.4 Å². The molecule has 5 rings (SSSR count). The molecule has 2 heterocycles. The predicted octanol–water partition coefficient (Wildman–Crippen LogP) is 6.15. The van der Waals surface area contributed by atoms with Crippen LogP contribution < -0.4 is 19.5 Å². The molecule has 0 spiro atoms. The Morgan fingerprint density at radius 1 is 0.978 bits per heavy atom. The minimum Gasteiger partial charge on any atom is -0.493 e. The van der Waals surface area contributed by atoms with Crippen molar-refractivity contribution in [3.05, 3.63) is 88.7 Å². The second-order valence-corrected chi connectivity index (χ2v) is 12.2. The average molecular weight is 627 g/mol. The molecule has 2 aliphatic rings. The van der Waals surface area contributed by atoms with E-state index in [1.165, 1.54) is 12.1 Å². The first-order valence-electron chi connectivity index (χ1n) is 14.9. The van der Waals surface area contributed by atoms with Gasteiger partial charge in [-0.1, -0.05) is 18.2 Å². The van der Waals surface area contributed by atoms with E-state index in [0.29, 0.717) is 36.8 Å². The molecule has 0 bridgehead atoms. The first-order chi connectivity index (χ1) is 21.5. The molecule has 0 saturated carbocycles. The summed E-state index contributed by atoms with van der Waals surface area (Å²) in [5.41, 5.74) is 0.253. The van der Waals surface area contributed by atoms with E-state index in [-0.39, 0.29) is 55.7 Å². The van der Waals surface area contributed by atoms with Gasteiger partial charge in [0.05, 0.1) is 13.0 Å². The molecule has 0 radical (unpaired) electrons. The number of fused-ring (bicyclic) bond motifs is 1. The maximum Gasteiger partial charge on any atom is 0.410 e. The van der Waals surface area contributed by atoms with Gasteiger partial charge in [-0.15, -0.1) is 0 Å². The number of nitrogens with one attached hydrogen (secondary N) is 1. The molecule has 0 aromatic heterocycles. The van der Waals surface area contributed by atoms with Crippen molar-refractivity contribution in [3.63, 3.8) is 0 Å². The van der Waals surface area contributed by atoms with Crippen molar-refractivity contribution in [1.29, 1.82) is 0 Å². The van der Waals surface area contributed by atoms with Crippen LogP contribution in [-0.2, 0) is 22.4 Å².